The molecule has 0 spiro atoms. The van der Waals surface area contributed by atoms with Crippen LogP contribution in [0.25, 0.3) is 0 Å². The van der Waals surface area contributed by atoms with E-state index in [-0.39, 0.29) is 24.1 Å². The molecule has 11 heteroatoms. The molecule has 2 aromatic carbocycles. The van der Waals surface area contributed by atoms with E-state index in [4.69, 9.17) is 0 Å². The van der Waals surface area contributed by atoms with Gasteiger partial charge in [-0.05, 0) is 24.3 Å². The van der Waals surface area contributed by atoms with Gasteiger partial charge in [-0.3, -0.25) is 0 Å². The van der Waals surface area contributed by atoms with E-state index in [1.165, 1.54) is 0 Å². The van der Waals surface area contributed by atoms with Crippen molar-refractivity contribution in [3.05, 3.63) is 59.2 Å². The van der Waals surface area contributed by atoms with Gasteiger partial charge < -0.3 is 0 Å². The standard InChI is InChI=1S/C14H6F8OS2/c15-7-3-1-5-9(11(7)13(17,18)19)24-23-25-10-6-2-4-8(16)12(10)14(20,21)22/h1-6H. The van der Waals surface area contributed by atoms with Crippen LogP contribution in [0.15, 0.2) is 46.2 Å². The zero-order valence-corrected chi connectivity index (χ0v) is 13.3. The Morgan fingerprint density at radius 3 is 1.32 bits per heavy atom. The van der Waals surface area contributed by atoms with E-state index in [1.54, 1.807) is 0 Å². The Balaban J connectivity index is 2.21. The molecule has 136 valence electrons. The van der Waals surface area contributed by atoms with Gasteiger partial charge in [-0.1, -0.05) is 12.1 Å². The Morgan fingerprint density at radius 2 is 1.00 bits per heavy atom. The summed E-state index contributed by atoms with van der Waals surface area (Å²) >= 11 is 0.0426. The van der Waals surface area contributed by atoms with Crippen LogP contribution in [-0.4, -0.2) is 0 Å². The zero-order valence-electron chi connectivity index (χ0n) is 11.7. The van der Waals surface area contributed by atoms with Crippen molar-refractivity contribution in [3.8, 4) is 0 Å². The lowest BCUT2D eigenvalue weighted by atomic mass is 10.2. The molecular weight excluding hydrogens is 400 g/mol. The average Bonchev–Trinajstić information content (AvgIpc) is 2.44. The lowest BCUT2D eigenvalue weighted by Crippen LogP contribution is -2.10. The Labute approximate surface area is 144 Å². The highest BCUT2D eigenvalue weighted by Gasteiger charge is 2.38. The first-order valence-electron chi connectivity index (χ1n) is 6.24. The molecule has 0 radical (unpaired) electrons. The fraction of sp³-hybridized carbons (Fsp3) is 0.143. The molecule has 0 bridgehead atoms. The van der Waals surface area contributed by atoms with E-state index < -0.39 is 44.9 Å². The van der Waals surface area contributed by atoms with Crippen LogP contribution in [0.4, 0.5) is 35.1 Å². The van der Waals surface area contributed by atoms with Crippen LogP contribution in [0.2, 0.25) is 0 Å². The van der Waals surface area contributed by atoms with E-state index in [0.29, 0.717) is 12.1 Å². The molecule has 2 aromatic rings. The Hall–Kier alpha value is -1.46. The smallest absolute Gasteiger partial charge is 0.237 e. The topological polar surface area (TPSA) is 9.23 Å². The molecule has 0 aliphatic heterocycles. The molecule has 0 saturated carbocycles. The third-order valence-electron chi connectivity index (χ3n) is 2.77. The lowest BCUT2D eigenvalue weighted by Gasteiger charge is -2.14. The molecule has 0 heterocycles. The third kappa shape index (κ3) is 4.79. The molecule has 0 N–H and O–H groups in total. The van der Waals surface area contributed by atoms with Crippen molar-refractivity contribution in [2.24, 2.45) is 0 Å². The van der Waals surface area contributed by atoms with Crippen LogP contribution in [0.3, 0.4) is 0 Å². The van der Waals surface area contributed by atoms with Crippen molar-refractivity contribution in [2.75, 3.05) is 0 Å². The fourth-order valence-corrected chi connectivity index (χ4v) is 3.37. The molecule has 1 nitrogen and oxygen atoms in total. The van der Waals surface area contributed by atoms with Gasteiger partial charge in [0.2, 0.25) is 0 Å². The number of hydrogen-bond donors (Lipinski definition) is 0. The van der Waals surface area contributed by atoms with Crippen molar-refractivity contribution < 1.29 is 38.8 Å². The van der Waals surface area contributed by atoms with Gasteiger partial charge >= 0.3 is 12.4 Å². The first kappa shape index (κ1) is 19.9. The number of rotatable bonds is 4. The molecule has 0 aromatic heterocycles. The molecule has 0 fully saturated rings. The van der Waals surface area contributed by atoms with Crippen LogP contribution in [-0.2, 0) is 16.0 Å². The summed E-state index contributed by atoms with van der Waals surface area (Å²) in [5.74, 6) is -3.10. The third-order valence-corrected chi connectivity index (χ3v) is 4.35. The van der Waals surface area contributed by atoms with E-state index in [1.807, 2.05) is 0 Å². The number of benzene rings is 2. The predicted octanol–water partition coefficient (Wildman–Crippen LogP) is 6.73. The molecule has 0 amide bonds. The average molecular weight is 406 g/mol. The zero-order chi connectivity index (χ0) is 18.8. The van der Waals surface area contributed by atoms with Gasteiger partial charge in [-0.25, -0.2) is 12.4 Å². The second-order valence-corrected chi connectivity index (χ2v) is 6.21. The Bertz CT molecular complexity index is 694. The highest BCUT2D eigenvalue weighted by molar-refractivity contribution is 8.08. The van der Waals surface area contributed by atoms with Crippen LogP contribution < -0.4 is 0 Å². The number of alkyl halides is 6. The maximum Gasteiger partial charge on any atom is 0.420 e. The predicted molar refractivity (Wildman–Crippen MR) is 75.6 cm³/mol. The van der Waals surface area contributed by atoms with Crippen LogP contribution in [0.5, 0.6) is 0 Å². The quantitative estimate of drug-likeness (QED) is 0.411. The number of halogens is 8. The summed E-state index contributed by atoms with van der Waals surface area (Å²) in [6, 6.07) is 4.96. The first-order valence-corrected chi connectivity index (χ1v) is 7.72. The van der Waals surface area contributed by atoms with E-state index >= 15 is 0 Å². The molecule has 2 rings (SSSR count). The minimum Gasteiger partial charge on any atom is -0.237 e. The summed E-state index contributed by atoms with van der Waals surface area (Å²) in [6.07, 6.45) is -10.0. The van der Waals surface area contributed by atoms with Crippen molar-refractivity contribution in [2.45, 2.75) is 22.1 Å². The lowest BCUT2D eigenvalue weighted by molar-refractivity contribution is -0.143. The molecule has 0 unspecified atom stereocenters. The molecule has 0 atom stereocenters. The summed E-state index contributed by atoms with van der Waals surface area (Å²) in [5, 5.41) is 0. The Morgan fingerprint density at radius 1 is 0.640 bits per heavy atom. The van der Waals surface area contributed by atoms with Gasteiger partial charge in [0, 0.05) is 24.1 Å². The largest absolute Gasteiger partial charge is 0.420 e. The molecule has 0 aliphatic rings. The van der Waals surface area contributed by atoms with Gasteiger partial charge in [-0.2, -0.15) is 26.3 Å². The summed E-state index contributed by atoms with van der Waals surface area (Å²) in [5.41, 5.74) is -3.20. The van der Waals surface area contributed by atoms with Crippen molar-refractivity contribution >= 4 is 24.1 Å². The summed E-state index contributed by atoms with van der Waals surface area (Å²) < 4.78 is 108. The van der Waals surface area contributed by atoms with Crippen molar-refractivity contribution in [1.82, 2.24) is 0 Å². The van der Waals surface area contributed by atoms with Crippen LogP contribution >= 0.6 is 24.1 Å². The SMILES string of the molecule is Fc1cccc(SOSc2cccc(F)c2C(F)(F)F)c1C(F)(F)F. The van der Waals surface area contributed by atoms with E-state index in [2.05, 4.69) is 3.63 Å². The highest BCUT2D eigenvalue weighted by atomic mass is 32.2. The van der Waals surface area contributed by atoms with E-state index in [0.717, 1.165) is 24.3 Å². The van der Waals surface area contributed by atoms with Crippen molar-refractivity contribution in [3.63, 3.8) is 0 Å². The van der Waals surface area contributed by atoms with Gasteiger partial charge in [0.1, 0.15) is 22.8 Å². The minimum atomic E-state index is -5.02. The van der Waals surface area contributed by atoms with Crippen molar-refractivity contribution in [1.29, 1.82) is 0 Å². The van der Waals surface area contributed by atoms with Crippen LogP contribution in [0.1, 0.15) is 11.1 Å². The second kappa shape index (κ2) is 7.42. The molecule has 25 heavy (non-hydrogen) atoms. The highest BCUT2D eigenvalue weighted by Crippen LogP contribution is 2.43. The van der Waals surface area contributed by atoms with Gasteiger partial charge in [0.15, 0.2) is 0 Å². The maximum atomic E-state index is 13.4. The Kier molecular flexibility index (Phi) is 5.89. The monoisotopic (exact) mass is 406 g/mol. The van der Waals surface area contributed by atoms with Gasteiger partial charge in [-0.15, -0.1) is 0 Å². The second-order valence-electron chi connectivity index (χ2n) is 4.46. The molecule has 0 saturated heterocycles. The van der Waals surface area contributed by atoms with Gasteiger partial charge in [0.25, 0.3) is 0 Å². The number of hydrogen-bond acceptors (Lipinski definition) is 3. The minimum absolute atomic E-state index is 0.0213. The van der Waals surface area contributed by atoms with Crippen LogP contribution in [0, 0.1) is 11.6 Å². The molecular formula is C14H6F8OS2. The summed E-state index contributed by atoms with van der Waals surface area (Å²) in [4.78, 5) is -1.35. The summed E-state index contributed by atoms with van der Waals surface area (Å²) in [6.45, 7) is 0. The van der Waals surface area contributed by atoms with Gasteiger partial charge in [0.05, 0.1) is 9.79 Å². The molecule has 0 aliphatic carbocycles. The first-order chi connectivity index (χ1) is 11.5. The van der Waals surface area contributed by atoms with E-state index in [9.17, 15) is 35.1 Å². The summed E-state index contributed by atoms with van der Waals surface area (Å²) in [7, 11) is 0. The fourth-order valence-electron chi connectivity index (χ4n) is 1.79. The normalized spacial score (nSPS) is 12.5. The maximum absolute atomic E-state index is 13.4.